The molecular formula is C26H36N2O4S. The van der Waals surface area contributed by atoms with Gasteiger partial charge in [-0.05, 0) is 73.4 Å². The molecule has 1 heterocycles. The normalized spacial score (nSPS) is 16.5. The molecule has 1 amide bonds. The average molecular weight is 473 g/mol. The van der Waals surface area contributed by atoms with Crippen LogP contribution in [0, 0.1) is 18.8 Å². The first kappa shape index (κ1) is 25.2. The number of methoxy groups -OCH3 is 1. The third-order valence-electron chi connectivity index (χ3n) is 6.36. The summed E-state index contributed by atoms with van der Waals surface area (Å²) >= 11 is 0. The van der Waals surface area contributed by atoms with Crippen molar-refractivity contribution in [1.82, 2.24) is 9.62 Å². The van der Waals surface area contributed by atoms with Crippen molar-refractivity contribution in [3.8, 4) is 5.75 Å². The van der Waals surface area contributed by atoms with Crippen LogP contribution in [0.1, 0.15) is 67.6 Å². The Kier molecular flexibility index (Phi) is 8.19. The van der Waals surface area contributed by atoms with E-state index >= 15 is 0 Å². The molecule has 0 aliphatic carbocycles. The van der Waals surface area contributed by atoms with Crippen molar-refractivity contribution in [2.45, 2.75) is 57.9 Å². The molecule has 2 aromatic carbocycles. The predicted octanol–water partition coefficient (Wildman–Crippen LogP) is 4.94. The van der Waals surface area contributed by atoms with Crippen LogP contribution in [0.15, 0.2) is 47.4 Å². The lowest BCUT2D eigenvalue weighted by Crippen LogP contribution is -2.38. The summed E-state index contributed by atoms with van der Waals surface area (Å²) in [5, 5.41) is 3.14. The molecule has 0 bridgehead atoms. The smallest absolute Gasteiger partial charge is 0.252 e. The molecule has 1 N–H and O–H groups in total. The number of piperidine rings is 1. The Morgan fingerprint density at radius 2 is 1.76 bits per heavy atom. The molecule has 0 spiro atoms. The first-order valence-electron chi connectivity index (χ1n) is 11.7. The average Bonchev–Trinajstić information content (AvgIpc) is 2.78. The fourth-order valence-electron chi connectivity index (χ4n) is 4.20. The summed E-state index contributed by atoms with van der Waals surface area (Å²) in [6.45, 7) is 9.24. The van der Waals surface area contributed by atoms with E-state index in [1.807, 2.05) is 31.2 Å². The number of aryl methyl sites for hydroxylation is 1. The Morgan fingerprint density at radius 3 is 2.33 bits per heavy atom. The topological polar surface area (TPSA) is 75.7 Å². The van der Waals surface area contributed by atoms with Crippen LogP contribution in [0.25, 0.3) is 0 Å². The lowest BCUT2D eigenvalue weighted by atomic mass is 9.96. The highest BCUT2D eigenvalue weighted by molar-refractivity contribution is 7.89. The van der Waals surface area contributed by atoms with E-state index in [-0.39, 0.29) is 16.8 Å². The van der Waals surface area contributed by atoms with Gasteiger partial charge in [0.1, 0.15) is 5.75 Å². The fraction of sp³-hybridized carbons (Fsp3) is 0.500. The summed E-state index contributed by atoms with van der Waals surface area (Å²) in [6, 6.07) is 12.3. The highest BCUT2D eigenvalue weighted by Crippen LogP contribution is 2.27. The number of benzene rings is 2. The zero-order valence-corrected chi connectivity index (χ0v) is 21.1. The highest BCUT2D eigenvalue weighted by Gasteiger charge is 2.29. The summed E-state index contributed by atoms with van der Waals surface area (Å²) in [5.41, 5.74) is 2.13. The van der Waals surface area contributed by atoms with Crippen molar-refractivity contribution in [2.75, 3.05) is 20.2 Å². The lowest BCUT2D eigenvalue weighted by Gasteiger charge is -2.29. The molecule has 1 atom stereocenters. The number of carbonyl (C=O) groups is 1. The molecule has 180 valence electrons. The Bertz CT molecular complexity index is 1060. The van der Waals surface area contributed by atoms with Crippen molar-refractivity contribution in [1.29, 1.82) is 0 Å². The van der Waals surface area contributed by atoms with Crippen LogP contribution in [0.3, 0.4) is 0 Å². The minimum atomic E-state index is -3.63. The molecule has 3 rings (SSSR count). The zero-order chi connectivity index (χ0) is 24.2. The van der Waals surface area contributed by atoms with Gasteiger partial charge >= 0.3 is 0 Å². The zero-order valence-electron chi connectivity index (χ0n) is 20.3. The van der Waals surface area contributed by atoms with Crippen LogP contribution in [0.5, 0.6) is 5.75 Å². The molecule has 0 aromatic heterocycles. The first-order valence-corrected chi connectivity index (χ1v) is 13.1. The third-order valence-corrected chi connectivity index (χ3v) is 8.26. The van der Waals surface area contributed by atoms with Gasteiger partial charge in [-0.3, -0.25) is 4.79 Å². The van der Waals surface area contributed by atoms with Gasteiger partial charge in [0.2, 0.25) is 10.0 Å². The second-order valence-corrected chi connectivity index (χ2v) is 11.4. The van der Waals surface area contributed by atoms with Crippen molar-refractivity contribution in [3.63, 3.8) is 0 Å². The molecule has 1 aliphatic heterocycles. The number of nitrogens with one attached hydrogen (secondary N) is 1. The van der Waals surface area contributed by atoms with E-state index in [9.17, 15) is 13.2 Å². The number of amides is 1. The van der Waals surface area contributed by atoms with Gasteiger partial charge in [0.15, 0.2) is 0 Å². The molecule has 6 nitrogen and oxygen atoms in total. The number of ether oxygens (including phenoxy) is 1. The number of hydrogen-bond donors (Lipinski definition) is 1. The molecule has 0 unspecified atom stereocenters. The monoisotopic (exact) mass is 472 g/mol. The minimum Gasteiger partial charge on any atom is -0.497 e. The van der Waals surface area contributed by atoms with Gasteiger partial charge in [0.25, 0.3) is 5.91 Å². The fourth-order valence-corrected chi connectivity index (χ4v) is 5.70. The number of rotatable bonds is 8. The Hall–Kier alpha value is -2.38. The van der Waals surface area contributed by atoms with Gasteiger partial charge in [-0.25, -0.2) is 8.42 Å². The van der Waals surface area contributed by atoms with E-state index in [0.717, 1.165) is 36.1 Å². The Morgan fingerprint density at radius 1 is 1.12 bits per heavy atom. The quantitative estimate of drug-likeness (QED) is 0.590. The summed E-state index contributed by atoms with van der Waals surface area (Å²) in [6.07, 6.45) is 2.48. The second-order valence-electron chi connectivity index (χ2n) is 9.49. The van der Waals surface area contributed by atoms with Crippen LogP contribution in [0.2, 0.25) is 0 Å². The molecule has 7 heteroatoms. The molecule has 0 radical (unpaired) electrons. The Labute approximate surface area is 198 Å². The third kappa shape index (κ3) is 6.15. The van der Waals surface area contributed by atoms with E-state index < -0.39 is 10.0 Å². The van der Waals surface area contributed by atoms with E-state index in [1.54, 1.807) is 19.2 Å². The van der Waals surface area contributed by atoms with Crippen LogP contribution < -0.4 is 10.1 Å². The predicted molar refractivity (Wildman–Crippen MR) is 131 cm³/mol. The maximum absolute atomic E-state index is 13.3. The van der Waals surface area contributed by atoms with Crippen molar-refractivity contribution in [2.24, 2.45) is 11.8 Å². The summed E-state index contributed by atoms with van der Waals surface area (Å²) < 4.78 is 33.2. The van der Waals surface area contributed by atoms with Crippen LogP contribution >= 0.6 is 0 Å². The van der Waals surface area contributed by atoms with Crippen LogP contribution in [-0.2, 0) is 10.0 Å². The van der Waals surface area contributed by atoms with E-state index in [0.29, 0.717) is 30.5 Å². The maximum atomic E-state index is 13.3. The maximum Gasteiger partial charge on any atom is 0.252 e. The largest absolute Gasteiger partial charge is 0.497 e. The molecule has 1 aliphatic rings. The van der Waals surface area contributed by atoms with Gasteiger partial charge in [0, 0.05) is 18.7 Å². The van der Waals surface area contributed by atoms with Gasteiger partial charge in [-0.2, -0.15) is 4.31 Å². The standard InChI is InChI=1S/C26H36N2O4S/c1-18(2)16-25(21-7-9-22(32-5)10-8-21)27-26(29)24-17-23(11-6-20(24)4)33(30,31)28-14-12-19(3)13-15-28/h6-11,17-19,25H,12-16H2,1-5H3,(H,27,29)/t25-/m0/s1. The van der Waals surface area contributed by atoms with Crippen molar-refractivity contribution >= 4 is 15.9 Å². The van der Waals surface area contributed by atoms with Gasteiger partial charge in [0.05, 0.1) is 18.0 Å². The molecule has 33 heavy (non-hydrogen) atoms. The molecule has 1 saturated heterocycles. The molecule has 2 aromatic rings. The molecule has 1 fully saturated rings. The number of carbonyl (C=O) groups excluding carboxylic acids is 1. The summed E-state index contributed by atoms with van der Waals surface area (Å²) in [5.74, 6) is 1.39. The van der Waals surface area contributed by atoms with E-state index in [1.165, 1.54) is 10.4 Å². The second kappa shape index (κ2) is 10.7. The first-order chi connectivity index (χ1) is 15.6. The molecular weight excluding hydrogens is 436 g/mol. The van der Waals surface area contributed by atoms with E-state index in [4.69, 9.17) is 4.74 Å². The van der Waals surface area contributed by atoms with Crippen LogP contribution in [-0.4, -0.2) is 38.8 Å². The summed E-state index contributed by atoms with van der Waals surface area (Å²) in [4.78, 5) is 13.5. The Balaban J connectivity index is 1.85. The summed E-state index contributed by atoms with van der Waals surface area (Å²) in [7, 11) is -2.00. The lowest BCUT2D eigenvalue weighted by molar-refractivity contribution is 0.0931. The van der Waals surface area contributed by atoms with Crippen molar-refractivity contribution in [3.05, 3.63) is 59.2 Å². The highest BCUT2D eigenvalue weighted by atomic mass is 32.2. The molecule has 0 saturated carbocycles. The number of nitrogens with zero attached hydrogens (tertiary/aromatic N) is 1. The van der Waals surface area contributed by atoms with Gasteiger partial charge in [-0.1, -0.05) is 39.0 Å². The van der Waals surface area contributed by atoms with Gasteiger partial charge in [-0.15, -0.1) is 0 Å². The van der Waals surface area contributed by atoms with Gasteiger partial charge < -0.3 is 10.1 Å². The number of sulfonamides is 1. The van der Waals surface area contributed by atoms with Crippen LogP contribution in [0.4, 0.5) is 0 Å². The SMILES string of the molecule is COc1ccc([C@H](CC(C)C)NC(=O)c2cc(S(=O)(=O)N3CCC(C)CC3)ccc2C)cc1. The van der Waals surface area contributed by atoms with E-state index in [2.05, 4.69) is 26.1 Å². The minimum absolute atomic E-state index is 0.178. The number of hydrogen-bond acceptors (Lipinski definition) is 4. The van der Waals surface area contributed by atoms with Crippen molar-refractivity contribution < 1.29 is 17.9 Å².